The fourth-order valence-electron chi connectivity index (χ4n) is 1.54. The summed E-state index contributed by atoms with van der Waals surface area (Å²) in [4.78, 5) is 0. The van der Waals surface area contributed by atoms with Crippen molar-refractivity contribution in [1.29, 1.82) is 5.26 Å². The zero-order chi connectivity index (χ0) is 14.4. The molecule has 0 aliphatic carbocycles. The second kappa shape index (κ2) is 6.04. The average molecular weight is 284 g/mol. The van der Waals surface area contributed by atoms with Crippen molar-refractivity contribution in [2.75, 3.05) is 4.72 Å². The van der Waals surface area contributed by atoms with Crippen LogP contribution in [-0.2, 0) is 10.0 Å². The molecule has 2 rings (SSSR count). The lowest BCUT2D eigenvalue weighted by Gasteiger charge is -2.03. The molecule has 0 spiro atoms. The highest BCUT2D eigenvalue weighted by Gasteiger charge is 2.05. The Labute approximate surface area is 118 Å². The minimum Gasteiger partial charge on any atom is -0.280 e. The van der Waals surface area contributed by atoms with E-state index in [0.29, 0.717) is 11.3 Å². The minimum absolute atomic E-state index is 0.418. The average Bonchev–Trinajstić information content (AvgIpc) is 2.47. The highest BCUT2D eigenvalue weighted by molar-refractivity contribution is 7.95. The number of hydrogen-bond donors (Lipinski definition) is 1. The molecule has 0 unspecified atom stereocenters. The van der Waals surface area contributed by atoms with Crippen molar-refractivity contribution < 1.29 is 8.42 Å². The van der Waals surface area contributed by atoms with Gasteiger partial charge in [0.2, 0.25) is 0 Å². The lowest BCUT2D eigenvalue weighted by molar-refractivity contribution is 0.609. The normalized spacial score (nSPS) is 11.2. The Hall–Kier alpha value is -2.58. The number of hydrogen-bond acceptors (Lipinski definition) is 3. The number of benzene rings is 2. The maximum Gasteiger partial charge on any atom is 0.255 e. The van der Waals surface area contributed by atoms with Gasteiger partial charge in [-0.1, -0.05) is 30.3 Å². The molecule has 100 valence electrons. The van der Waals surface area contributed by atoms with Gasteiger partial charge in [-0.3, -0.25) is 4.72 Å². The van der Waals surface area contributed by atoms with Crippen molar-refractivity contribution in [3.8, 4) is 6.07 Å². The Morgan fingerprint density at radius 1 is 1.00 bits per heavy atom. The molecule has 0 saturated heterocycles. The topological polar surface area (TPSA) is 70.0 Å². The molecule has 0 heterocycles. The van der Waals surface area contributed by atoms with E-state index in [9.17, 15) is 8.42 Å². The van der Waals surface area contributed by atoms with E-state index in [1.54, 1.807) is 24.3 Å². The maximum atomic E-state index is 11.9. The van der Waals surface area contributed by atoms with Gasteiger partial charge in [-0.2, -0.15) is 5.26 Å². The molecule has 0 aliphatic rings. The van der Waals surface area contributed by atoms with E-state index < -0.39 is 10.0 Å². The molecule has 0 bridgehead atoms. The molecule has 2 aromatic carbocycles. The molecule has 0 aliphatic heterocycles. The fraction of sp³-hybridized carbons (Fsp3) is 0. The summed E-state index contributed by atoms with van der Waals surface area (Å²) in [5, 5.41) is 9.78. The van der Waals surface area contributed by atoms with E-state index in [1.807, 2.05) is 36.4 Å². The van der Waals surface area contributed by atoms with E-state index in [1.165, 1.54) is 6.08 Å². The number of anilines is 1. The van der Waals surface area contributed by atoms with Crippen molar-refractivity contribution in [2.45, 2.75) is 0 Å². The van der Waals surface area contributed by atoms with Gasteiger partial charge in [-0.05, 0) is 35.9 Å². The van der Waals surface area contributed by atoms with Crippen LogP contribution in [0.25, 0.3) is 6.08 Å². The van der Waals surface area contributed by atoms with E-state index >= 15 is 0 Å². The molecule has 0 aromatic heterocycles. The van der Waals surface area contributed by atoms with Crippen LogP contribution in [0.2, 0.25) is 0 Å². The highest BCUT2D eigenvalue weighted by Crippen LogP contribution is 2.12. The molecule has 0 saturated carbocycles. The van der Waals surface area contributed by atoms with Crippen molar-refractivity contribution >= 4 is 21.8 Å². The Morgan fingerprint density at radius 2 is 1.65 bits per heavy atom. The van der Waals surface area contributed by atoms with Crippen LogP contribution in [0.5, 0.6) is 0 Å². The monoisotopic (exact) mass is 284 g/mol. The number of nitriles is 1. The van der Waals surface area contributed by atoms with Crippen LogP contribution < -0.4 is 4.72 Å². The van der Waals surface area contributed by atoms with Crippen LogP contribution in [-0.4, -0.2) is 8.42 Å². The van der Waals surface area contributed by atoms with Crippen LogP contribution >= 0.6 is 0 Å². The van der Waals surface area contributed by atoms with Crippen LogP contribution in [0.15, 0.2) is 60.0 Å². The summed E-state index contributed by atoms with van der Waals surface area (Å²) < 4.78 is 26.1. The molecule has 2 aromatic rings. The molecular formula is C15H12N2O2S. The van der Waals surface area contributed by atoms with E-state index in [-0.39, 0.29) is 0 Å². The predicted molar refractivity (Wildman–Crippen MR) is 79.2 cm³/mol. The summed E-state index contributed by atoms with van der Waals surface area (Å²) in [6.45, 7) is 0. The molecule has 5 heteroatoms. The zero-order valence-corrected chi connectivity index (χ0v) is 11.3. The second-order valence-corrected chi connectivity index (χ2v) is 5.62. The molecule has 0 atom stereocenters. The van der Waals surface area contributed by atoms with Crippen molar-refractivity contribution in [3.05, 3.63) is 71.1 Å². The summed E-state index contributed by atoms with van der Waals surface area (Å²) in [7, 11) is -3.57. The Kier molecular flexibility index (Phi) is 4.18. The van der Waals surface area contributed by atoms with Gasteiger partial charge >= 0.3 is 0 Å². The summed E-state index contributed by atoms with van der Waals surface area (Å²) in [5.74, 6) is 0. The number of rotatable bonds is 4. The number of nitrogens with one attached hydrogen (secondary N) is 1. The van der Waals surface area contributed by atoms with Gasteiger partial charge in [0.1, 0.15) is 0 Å². The van der Waals surface area contributed by atoms with Crippen LogP contribution in [0.3, 0.4) is 0 Å². The molecule has 1 N–H and O–H groups in total. The summed E-state index contributed by atoms with van der Waals surface area (Å²) in [6.07, 6.45) is 1.52. The predicted octanol–water partition coefficient (Wildman–Crippen LogP) is 2.97. The standard InChI is InChI=1S/C15H12N2O2S/c16-12-14-6-8-15(9-7-14)17-20(18,19)11-10-13-4-2-1-3-5-13/h1-11,17H/b11-10+. The van der Waals surface area contributed by atoms with Crippen molar-refractivity contribution in [1.82, 2.24) is 0 Å². The smallest absolute Gasteiger partial charge is 0.255 e. The highest BCUT2D eigenvalue weighted by atomic mass is 32.2. The Bertz CT molecular complexity index is 743. The van der Waals surface area contributed by atoms with Crippen molar-refractivity contribution in [2.24, 2.45) is 0 Å². The third kappa shape index (κ3) is 3.97. The minimum atomic E-state index is -3.57. The van der Waals surface area contributed by atoms with E-state index in [4.69, 9.17) is 5.26 Å². The Balaban J connectivity index is 2.11. The van der Waals surface area contributed by atoms with Crippen LogP contribution in [0.4, 0.5) is 5.69 Å². The van der Waals surface area contributed by atoms with Gasteiger partial charge in [0.15, 0.2) is 0 Å². The molecule has 0 radical (unpaired) electrons. The first-order valence-electron chi connectivity index (χ1n) is 5.85. The lowest BCUT2D eigenvalue weighted by Crippen LogP contribution is -2.08. The van der Waals surface area contributed by atoms with Crippen LogP contribution in [0, 0.1) is 11.3 Å². The zero-order valence-electron chi connectivity index (χ0n) is 10.5. The quantitative estimate of drug-likeness (QED) is 0.938. The van der Waals surface area contributed by atoms with Gasteiger partial charge in [-0.25, -0.2) is 8.42 Å². The van der Waals surface area contributed by atoms with Gasteiger partial charge in [0, 0.05) is 5.69 Å². The molecule has 0 amide bonds. The Morgan fingerprint density at radius 3 is 2.25 bits per heavy atom. The fourth-order valence-corrected chi connectivity index (χ4v) is 2.41. The molecule has 20 heavy (non-hydrogen) atoms. The van der Waals surface area contributed by atoms with Gasteiger partial charge < -0.3 is 0 Å². The lowest BCUT2D eigenvalue weighted by atomic mass is 10.2. The maximum absolute atomic E-state index is 11.9. The van der Waals surface area contributed by atoms with Gasteiger partial charge in [0.25, 0.3) is 10.0 Å². The summed E-state index contributed by atoms with van der Waals surface area (Å²) in [6, 6.07) is 17.3. The largest absolute Gasteiger partial charge is 0.280 e. The SMILES string of the molecule is N#Cc1ccc(NS(=O)(=O)/C=C/c2ccccc2)cc1. The third-order valence-electron chi connectivity index (χ3n) is 2.51. The number of nitrogens with zero attached hydrogens (tertiary/aromatic N) is 1. The van der Waals surface area contributed by atoms with Crippen LogP contribution in [0.1, 0.15) is 11.1 Å². The van der Waals surface area contributed by atoms with Crippen molar-refractivity contribution in [3.63, 3.8) is 0 Å². The second-order valence-electron chi connectivity index (χ2n) is 4.05. The summed E-state index contributed by atoms with van der Waals surface area (Å²) >= 11 is 0. The molecule has 0 fully saturated rings. The van der Waals surface area contributed by atoms with Gasteiger partial charge in [-0.15, -0.1) is 0 Å². The first kappa shape index (κ1) is 13.8. The molecular weight excluding hydrogens is 272 g/mol. The first-order chi connectivity index (χ1) is 9.59. The van der Waals surface area contributed by atoms with E-state index in [0.717, 1.165) is 11.0 Å². The molecule has 4 nitrogen and oxygen atoms in total. The number of sulfonamides is 1. The summed E-state index contributed by atoms with van der Waals surface area (Å²) in [5.41, 5.74) is 1.70. The van der Waals surface area contributed by atoms with Gasteiger partial charge in [0.05, 0.1) is 17.0 Å². The third-order valence-corrected chi connectivity index (χ3v) is 3.53. The first-order valence-corrected chi connectivity index (χ1v) is 7.40. The van der Waals surface area contributed by atoms with E-state index in [2.05, 4.69) is 4.72 Å².